The van der Waals surface area contributed by atoms with Crippen LogP contribution in [-0.2, 0) is 10.0 Å². The van der Waals surface area contributed by atoms with Crippen molar-refractivity contribution in [2.24, 2.45) is 0 Å². The molecule has 1 unspecified atom stereocenters. The van der Waals surface area contributed by atoms with Crippen LogP contribution in [0.25, 0.3) is 0 Å². The maximum absolute atomic E-state index is 13.1. The first-order valence-electron chi connectivity index (χ1n) is 8.52. The molecule has 0 amide bonds. The zero-order valence-electron chi connectivity index (χ0n) is 15.2. The number of ether oxygens (including phenoxy) is 2. The van der Waals surface area contributed by atoms with Gasteiger partial charge in [0.1, 0.15) is 6.10 Å². The summed E-state index contributed by atoms with van der Waals surface area (Å²) in [7, 11) is -2.04. The molecule has 7 nitrogen and oxygen atoms in total. The van der Waals surface area contributed by atoms with Crippen LogP contribution >= 0.6 is 0 Å². The molecule has 0 radical (unpaired) electrons. The molecule has 1 aromatic heterocycles. The van der Waals surface area contributed by atoms with Gasteiger partial charge in [-0.05, 0) is 43.9 Å². The van der Waals surface area contributed by atoms with Gasteiger partial charge in [0.25, 0.3) is 0 Å². The minimum Gasteiger partial charge on any atom is -0.480 e. The van der Waals surface area contributed by atoms with Crippen molar-refractivity contribution in [3.05, 3.63) is 41.5 Å². The van der Waals surface area contributed by atoms with Crippen molar-refractivity contribution in [1.82, 2.24) is 14.5 Å². The van der Waals surface area contributed by atoms with Crippen LogP contribution in [-0.4, -0.2) is 49.2 Å². The van der Waals surface area contributed by atoms with E-state index in [0.29, 0.717) is 29.7 Å². The predicted molar refractivity (Wildman–Crippen MR) is 96.9 cm³/mol. The van der Waals surface area contributed by atoms with E-state index in [9.17, 15) is 8.42 Å². The first-order chi connectivity index (χ1) is 12.4. The molecule has 1 saturated heterocycles. The van der Waals surface area contributed by atoms with Gasteiger partial charge >= 0.3 is 0 Å². The minimum atomic E-state index is -3.55. The van der Waals surface area contributed by atoms with Gasteiger partial charge in [-0.3, -0.25) is 0 Å². The third kappa shape index (κ3) is 3.96. The first kappa shape index (κ1) is 18.6. The van der Waals surface area contributed by atoms with Crippen LogP contribution in [0.2, 0.25) is 0 Å². The summed E-state index contributed by atoms with van der Waals surface area (Å²) < 4.78 is 38.4. The molecule has 1 aliphatic heterocycles. The summed E-state index contributed by atoms with van der Waals surface area (Å²) in [6.45, 7) is 4.49. The standard InChI is InChI=1S/C18H23N3O4S/c1-13-6-7-14(2)16(11-13)26(22,23)21-10-4-5-15(12-21)25-18-9-8-17(24-3)19-20-18/h6-9,11,15H,4-5,10,12H2,1-3H3. The number of aryl methyl sites for hydroxylation is 2. The van der Waals surface area contributed by atoms with Crippen molar-refractivity contribution < 1.29 is 17.9 Å². The van der Waals surface area contributed by atoms with Gasteiger partial charge in [0.15, 0.2) is 0 Å². The molecular weight excluding hydrogens is 354 g/mol. The zero-order chi connectivity index (χ0) is 18.7. The van der Waals surface area contributed by atoms with E-state index < -0.39 is 10.0 Å². The highest BCUT2D eigenvalue weighted by molar-refractivity contribution is 7.89. The molecule has 1 atom stereocenters. The molecule has 1 fully saturated rings. The molecule has 26 heavy (non-hydrogen) atoms. The Balaban J connectivity index is 1.75. The number of nitrogens with zero attached hydrogens (tertiary/aromatic N) is 3. The monoisotopic (exact) mass is 377 g/mol. The van der Waals surface area contributed by atoms with E-state index in [1.54, 1.807) is 18.2 Å². The van der Waals surface area contributed by atoms with Gasteiger partial charge in [-0.2, -0.15) is 4.31 Å². The van der Waals surface area contributed by atoms with E-state index in [1.807, 2.05) is 26.0 Å². The fraction of sp³-hybridized carbons (Fsp3) is 0.444. The van der Waals surface area contributed by atoms with Crippen molar-refractivity contribution in [2.75, 3.05) is 20.2 Å². The summed E-state index contributed by atoms with van der Waals surface area (Å²) in [5.41, 5.74) is 1.67. The van der Waals surface area contributed by atoms with E-state index in [2.05, 4.69) is 10.2 Å². The molecular formula is C18H23N3O4S. The molecule has 0 saturated carbocycles. The lowest BCUT2D eigenvalue weighted by molar-refractivity contribution is 0.123. The summed E-state index contributed by atoms with van der Waals surface area (Å²) in [5.74, 6) is 0.766. The van der Waals surface area contributed by atoms with E-state index in [0.717, 1.165) is 24.0 Å². The van der Waals surface area contributed by atoms with Crippen LogP contribution in [0.3, 0.4) is 0 Å². The second kappa shape index (κ2) is 7.59. The first-order valence-corrected chi connectivity index (χ1v) is 9.96. The van der Waals surface area contributed by atoms with Gasteiger partial charge < -0.3 is 9.47 Å². The topological polar surface area (TPSA) is 81.6 Å². The van der Waals surface area contributed by atoms with Gasteiger partial charge in [-0.25, -0.2) is 8.42 Å². The third-order valence-electron chi connectivity index (χ3n) is 4.41. The summed E-state index contributed by atoms with van der Waals surface area (Å²) >= 11 is 0. The number of hydrogen-bond donors (Lipinski definition) is 0. The van der Waals surface area contributed by atoms with E-state index in [1.165, 1.54) is 11.4 Å². The van der Waals surface area contributed by atoms with Crippen molar-refractivity contribution in [3.8, 4) is 11.8 Å². The molecule has 0 N–H and O–H groups in total. The second-order valence-corrected chi connectivity index (χ2v) is 8.33. The predicted octanol–water partition coefficient (Wildman–Crippen LogP) is 2.33. The highest BCUT2D eigenvalue weighted by Crippen LogP contribution is 2.25. The Bertz CT molecular complexity index is 869. The second-order valence-electron chi connectivity index (χ2n) is 6.43. The highest BCUT2D eigenvalue weighted by atomic mass is 32.2. The molecule has 0 bridgehead atoms. The number of sulfonamides is 1. The van der Waals surface area contributed by atoms with Crippen molar-refractivity contribution in [1.29, 1.82) is 0 Å². The van der Waals surface area contributed by atoms with E-state index in [-0.39, 0.29) is 6.10 Å². The largest absolute Gasteiger partial charge is 0.480 e. The van der Waals surface area contributed by atoms with Crippen LogP contribution in [0, 0.1) is 13.8 Å². The number of benzene rings is 1. The lowest BCUT2D eigenvalue weighted by atomic mass is 10.1. The molecule has 0 aliphatic carbocycles. The smallest absolute Gasteiger partial charge is 0.243 e. The van der Waals surface area contributed by atoms with Crippen LogP contribution in [0.1, 0.15) is 24.0 Å². The summed E-state index contributed by atoms with van der Waals surface area (Å²) in [6, 6.07) is 8.82. The average Bonchev–Trinajstić information content (AvgIpc) is 2.64. The number of hydrogen-bond acceptors (Lipinski definition) is 6. The number of aromatic nitrogens is 2. The summed E-state index contributed by atoms with van der Waals surface area (Å²) in [4.78, 5) is 0.363. The lowest BCUT2D eigenvalue weighted by Crippen LogP contribution is -2.44. The normalized spacial score (nSPS) is 18.5. The van der Waals surface area contributed by atoms with Crippen LogP contribution < -0.4 is 9.47 Å². The van der Waals surface area contributed by atoms with Crippen molar-refractivity contribution >= 4 is 10.0 Å². The third-order valence-corrected chi connectivity index (χ3v) is 6.42. The quantitative estimate of drug-likeness (QED) is 0.795. The van der Waals surface area contributed by atoms with Gasteiger partial charge in [0.05, 0.1) is 18.6 Å². The maximum Gasteiger partial charge on any atom is 0.243 e. The van der Waals surface area contributed by atoms with Gasteiger partial charge in [-0.15, -0.1) is 10.2 Å². The SMILES string of the molecule is COc1ccc(OC2CCCN(S(=O)(=O)c3cc(C)ccc3C)C2)nn1. The average molecular weight is 377 g/mol. The summed E-state index contributed by atoms with van der Waals surface area (Å²) in [6.07, 6.45) is 1.25. The summed E-state index contributed by atoms with van der Waals surface area (Å²) in [5, 5.41) is 7.82. The molecule has 0 spiro atoms. The molecule has 1 aromatic carbocycles. The number of rotatable bonds is 5. The Hall–Kier alpha value is -2.19. The van der Waals surface area contributed by atoms with Gasteiger partial charge in [0.2, 0.25) is 21.8 Å². The Labute approximate surface area is 154 Å². The van der Waals surface area contributed by atoms with Gasteiger partial charge in [-0.1, -0.05) is 12.1 Å². The van der Waals surface area contributed by atoms with Crippen molar-refractivity contribution in [2.45, 2.75) is 37.7 Å². The van der Waals surface area contributed by atoms with Gasteiger partial charge in [0, 0.05) is 18.7 Å². The fourth-order valence-electron chi connectivity index (χ4n) is 2.99. The van der Waals surface area contributed by atoms with Crippen LogP contribution in [0.5, 0.6) is 11.8 Å². The molecule has 1 aliphatic rings. The lowest BCUT2D eigenvalue weighted by Gasteiger charge is -2.32. The Morgan fingerprint density at radius 2 is 1.85 bits per heavy atom. The Kier molecular flexibility index (Phi) is 5.43. The maximum atomic E-state index is 13.1. The molecule has 2 heterocycles. The molecule has 8 heteroatoms. The molecule has 140 valence electrons. The van der Waals surface area contributed by atoms with Crippen LogP contribution in [0.15, 0.2) is 35.2 Å². The van der Waals surface area contributed by atoms with Crippen molar-refractivity contribution in [3.63, 3.8) is 0 Å². The number of methoxy groups -OCH3 is 1. The number of piperidine rings is 1. The fourth-order valence-corrected chi connectivity index (χ4v) is 4.81. The Morgan fingerprint density at radius 3 is 2.54 bits per heavy atom. The van der Waals surface area contributed by atoms with E-state index in [4.69, 9.17) is 9.47 Å². The highest BCUT2D eigenvalue weighted by Gasteiger charge is 2.32. The molecule has 2 aromatic rings. The minimum absolute atomic E-state index is 0.258. The Morgan fingerprint density at radius 1 is 1.12 bits per heavy atom. The molecule has 3 rings (SSSR count). The van der Waals surface area contributed by atoms with E-state index >= 15 is 0 Å². The van der Waals surface area contributed by atoms with Crippen LogP contribution in [0.4, 0.5) is 0 Å². The zero-order valence-corrected chi connectivity index (χ0v) is 16.0.